The van der Waals surface area contributed by atoms with Crippen molar-refractivity contribution >= 4 is 11.8 Å². The van der Waals surface area contributed by atoms with Crippen molar-refractivity contribution in [3.05, 3.63) is 0 Å². The van der Waals surface area contributed by atoms with E-state index in [1.165, 1.54) is 0 Å². The quantitative estimate of drug-likeness (QED) is 0.753. The van der Waals surface area contributed by atoms with Gasteiger partial charge in [0.15, 0.2) is 0 Å². The van der Waals surface area contributed by atoms with E-state index in [0.717, 1.165) is 25.4 Å². The number of hydrogen-bond donors (Lipinski definition) is 1. The maximum atomic E-state index is 9.12. The van der Waals surface area contributed by atoms with Crippen molar-refractivity contribution in [3.8, 4) is 6.07 Å². The lowest BCUT2D eigenvalue weighted by atomic mass is 10.0. The first-order valence-corrected chi connectivity index (χ1v) is 6.49. The van der Waals surface area contributed by atoms with Crippen LogP contribution in [0.5, 0.6) is 0 Å². The van der Waals surface area contributed by atoms with Crippen LogP contribution in [0, 0.1) is 11.3 Å². The van der Waals surface area contributed by atoms with E-state index >= 15 is 0 Å². The van der Waals surface area contributed by atoms with Crippen LogP contribution in [0.3, 0.4) is 0 Å². The SMILES string of the molecule is CC(C)NC(C)(C#N)CCSC1COC1. The number of ether oxygens (including phenoxy) is 1. The summed E-state index contributed by atoms with van der Waals surface area (Å²) in [5, 5.41) is 13.1. The fourth-order valence-electron chi connectivity index (χ4n) is 1.54. The molecule has 4 heteroatoms. The van der Waals surface area contributed by atoms with Crippen molar-refractivity contribution in [2.75, 3.05) is 19.0 Å². The van der Waals surface area contributed by atoms with Crippen LogP contribution in [0.25, 0.3) is 0 Å². The van der Waals surface area contributed by atoms with E-state index in [2.05, 4.69) is 25.2 Å². The summed E-state index contributed by atoms with van der Waals surface area (Å²) in [6, 6.07) is 2.72. The van der Waals surface area contributed by atoms with Gasteiger partial charge in [0.2, 0.25) is 0 Å². The Labute approximate surface area is 96.6 Å². The third-order valence-corrected chi connectivity index (χ3v) is 3.60. The van der Waals surface area contributed by atoms with Crippen molar-refractivity contribution in [2.45, 2.75) is 44.0 Å². The fraction of sp³-hybridized carbons (Fsp3) is 0.909. The molecule has 15 heavy (non-hydrogen) atoms. The summed E-state index contributed by atoms with van der Waals surface area (Å²) >= 11 is 1.92. The highest BCUT2D eigenvalue weighted by Gasteiger charge is 2.25. The Hall–Kier alpha value is -0.240. The summed E-state index contributed by atoms with van der Waals surface area (Å²) in [6.45, 7) is 7.88. The van der Waals surface area contributed by atoms with Crippen molar-refractivity contribution in [1.29, 1.82) is 5.26 Å². The van der Waals surface area contributed by atoms with E-state index in [9.17, 15) is 0 Å². The molecule has 0 saturated carbocycles. The van der Waals surface area contributed by atoms with Crippen LogP contribution in [0.2, 0.25) is 0 Å². The smallest absolute Gasteiger partial charge is 0.104 e. The molecule has 1 fully saturated rings. The molecule has 1 saturated heterocycles. The molecule has 86 valence electrons. The minimum Gasteiger partial charge on any atom is -0.379 e. The summed E-state index contributed by atoms with van der Waals surface area (Å²) in [4.78, 5) is 0. The van der Waals surface area contributed by atoms with Gasteiger partial charge in [-0.25, -0.2) is 0 Å². The molecule has 1 unspecified atom stereocenters. The summed E-state index contributed by atoms with van der Waals surface area (Å²) in [7, 11) is 0. The van der Waals surface area contributed by atoms with Crippen molar-refractivity contribution in [3.63, 3.8) is 0 Å². The predicted octanol–water partition coefficient (Wildman–Crippen LogP) is 1.79. The topological polar surface area (TPSA) is 45.0 Å². The van der Waals surface area contributed by atoms with Crippen molar-refractivity contribution in [1.82, 2.24) is 5.32 Å². The zero-order valence-corrected chi connectivity index (χ0v) is 10.6. The van der Waals surface area contributed by atoms with Gasteiger partial charge in [0.05, 0.1) is 24.5 Å². The van der Waals surface area contributed by atoms with Crippen LogP contribution in [0.15, 0.2) is 0 Å². The highest BCUT2D eigenvalue weighted by Crippen LogP contribution is 2.22. The van der Waals surface area contributed by atoms with Crippen molar-refractivity contribution < 1.29 is 4.74 Å². The Morgan fingerprint density at radius 3 is 2.67 bits per heavy atom. The van der Waals surface area contributed by atoms with Gasteiger partial charge in [-0.2, -0.15) is 17.0 Å². The van der Waals surface area contributed by atoms with Crippen LogP contribution in [0.1, 0.15) is 27.2 Å². The maximum absolute atomic E-state index is 9.12. The van der Waals surface area contributed by atoms with E-state index in [0.29, 0.717) is 11.3 Å². The number of nitrogens with one attached hydrogen (secondary N) is 1. The molecule has 1 aliphatic rings. The number of thioether (sulfide) groups is 1. The van der Waals surface area contributed by atoms with E-state index < -0.39 is 0 Å². The Balaban J connectivity index is 2.22. The largest absolute Gasteiger partial charge is 0.379 e. The van der Waals surface area contributed by atoms with E-state index in [4.69, 9.17) is 10.00 Å². The molecule has 1 rings (SSSR count). The first-order chi connectivity index (χ1) is 7.06. The Morgan fingerprint density at radius 1 is 1.60 bits per heavy atom. The third-order valence-electron chi connectivity index (χ3n) is 2.42. The summed E-state index contributed by atoms with van der Waals surface area (Å²) in [5.74, 6) is 1.03. The highest BCUT2D eigenvalue weighted by molar-refractivity contribution is 8.00. The molecule has 3 nitrogen and oxygen atoms in total. The second-order valence-electron chi connectivity index (χ2n) is 4.52. The average molecular weight is 228 g/mol. The second kappa shape index (κ2) is 5.74. The standard InChI is InChI=1S/C11H20N2OS/c1-9(2)13-11(3,8-12)4-5-15-10-6-14-7-10/h9-10,13H,4-7H2,1-3H3. The van der Waals surface area contributed by atoms with E-state index in [-0.39, 0.29) is 5.54 Å². The minimum absolute atomic E-state index is 0.353. The molecule has 0 aromatic rings. The van der Waals surface area contributed by atoms with Crippen LogP contribution in [0.4, 0.5) is 0 Å². The van der Waals surface area contributed by atoms with Gasteiger partial charge in [-0.3, -0.25) is 5.32 Å². The number of nitrogens with zero attached hydrogens (tertiary/aromatic N) is 1. The van der Waals surface area contributed by atoms with E-state index in [1.807, 2.05) is 18.7 Å². The lowest BCUT2D eigenvalue weighted by Gasteiger charge is -2.29. The van der Waals surface area contributed by atoms with E-state index in [1.54, 1.807) is 0 Å². The molecule has 0 bridgehead atoms. The van der Waals surface area contributed by atoms with Gasteiger partial charge in [-0.05, 0) is 32.9 Å². The Morgan fingerprint density at radius 2 is 2.27 bits per heavy atom. The lowest BCUT2D eigenvalue weighted by Crippen LogP contribution is -2.45. The van der Waals surface area contributed by atoms with Gasteiger partial charge in [0, 0.05) is 6.04 Å². The molecular weight excluding hydrogens is 208 g/mol. The third kappa shape index (κ3) is 4.42. The molecule has 0 aromatic carbocycles. The summed E-state index contributed by atoms with van der Waals surface area (Å²) in [6.07, 6.45) is 0.892. The van der Waals surface area contributed by atoms with Crippen LogP contribution >= 0.6 is 11.8 Å². The van der Waals surface area contributed by atoms with Gasteiger partial charge in [0.25, 0.3) is 0 Å². The molecular formula is C11H20N2OS. The molecule has 1 N–H and O–H groups in total. The van der Waals surface area contributed by atoms with Gasteiger partial charge in [0.1, 0.15) is 5.54 Å². The summed E-state index contributed by atoms with van der Waals surface area (Å²) in [5.41, 5.74) is -0.383. The van der Waals surface area contributed by atoms with Crippen LogP contribution in [-0.4, -0.2) is 35.8 Å². The number of rotatable bonds is 6. The molecule has 0 radical (unpaired) electrons. The molecule has 0 aromatic heterocycles. The monoisotopic (exact) mass is 228 g/mol. The molecule has 0 amide bonds. The zero-order chi connectivity index (χ0) is 11.3. The highest BCUT2D eigenvalue weighted by atomic mass is 32.2. The second-order valence-corrected chi connectivity index (χ2v) is 5.93. The molecule has 1 aliphatic heterocycles. The normalized spacial score (nSPS) is 20.7. The minimum atomic E-state index is -0.383. The molecule has 1 heterocycles. The van der Waals surface area contributed by atoms with Crippen LogP contribution in [-0.2, 0) is 4.74 Å². The average Bonchev–Trinajstić information content (AvgIpc) is 2.08. The van der Waals surface area contributed by atoms with Gasteiger partial charge in [-0.1, -0.05) is 0 Å². The van der Waals surface area contributed by atoms with Gasteiger partial charge in [-0.15, -0.1) is 0 Å². The maximum Gasteiger partial charge on any atom is 0.104 e. The predicted molar refractivity (Wildman–Crippen MR) is 64.0 cm³/mol. The molecule has 1 atom stereocenters. The zero-order valence-electron chi connectivity index (χ0n) is 9.75. The fourth-order valence-corrected chi connectivity index (χ4v) is 2.78. The first-order valence-electron chi connectivity index (χ1n) is 5.44. The number of hydrogen-bond acceptors (Lipinski definition) is 4. The van der Waals surface area contributed by atoms with Crippen LogP contribution < -0.4 is 5.32 Å². The Bertz CT molecular complexity index is 235. The van der Waals surface area contributed by atoms with Gasteiger partial charge < -0.3 is 4.74 Å². The molecule has 0 aliphatic carbocycles. The summed E-state index contributed by atoms with van der Waals surface area (Å²) < 4.78 is 5.11. The van der Waals surface area contributed by atoms with Crippen molar-refractivity contribution in [2.24, 2.45) is 0 Å². The van der Waals surface area contributed by atoms with Gasteiger partial charge >= 0.3 is 0 Å². The lowest BCUT2D eigenvalue weighted by molar-refractivity contribution is 0.0455. The Kier molecular flexibility index (Phi) is 4.91. The first kappa shape index (κ1) is 12.8. The molecule has 0 spiro atoms. The number of nitriles is 1.